The monoisotopic (exact) mass is 172 g/mol. The molecule has 68 valence electrons. The molecule has 0 unspecified atom stereocenters. The number of nitrogens with one attached hydrogen (secondary N) is 2. The molecule has 12 heavy (non-hydrogen) atoms. The first kappa shape index (κ1) is 8.99. The molecule has 0 aromatic rings. The summed E-state index contributed by atoms with van der Waals surface area (Å²) in [5.41, 5.74) is 0.713. The summed E-state index contributed by atoms with van der Waals surface area (Å²) in [6, 6.07) is 0. The van der Waals surface area contributed by atoms with E-state index >= 15 is 0 Å². The summed E-state index contributed by atoms with van der Waals surface area (Å²) in [7, 11) is 0. The first-order valence-electron chi connectivity index (χ1n) is 3.84. The van der Waals surface area contributed by atoms with E-state index in [0.29, 0.717) is 12.8 Å². The van der Waals surface area contributed by atoms with Gasteiger partial charge in [0.25, 0.3) is 5.91 Å². The van der Waals surface area contributed by atoms with E-state index in [2.05, 4.69) is 5.32 Å². The summed E-state index contributed by atoms with van der Waals surface area (Å²) >= 11 is 0. The van der Waals surface area contributed by atoms with E-state index in [0.717, 1.165) is 6.42 Å². The Labute approximate surface area is 70.1 Å². The molecule has 0 aromatic carbocycles. The molecule has 0 spiro atoms. The predicted molar refractivity (Wildman–Crippen MR) is 40.3 cm³/mol. The zero-order chi connectivity index (χ0) is 9.19. The van der Waals surface area contributed by atoms with E-state index in [1.54, 1.807) is 5.48 Å². The van der Waals surface area contributed by atoms with E-state index in [-0.39, 0.29) is 5.91 Å². The van der Waals surface area contributed by atoms with Gasteiger partial charge < -0.3 is 5.32 Å². The largest absolute Gasteiger partial charge is 0.342 e. The average Bonchev–Trinajstić information content (AvgIpc) is 1.95. The zero-order valence-corrected chi connectivity index (χ0v) is 6.89. The van der Waals surface area contributed by atoms with Crippen LogP contribution in [0.1, 0.15) is 26.2 Å². The van der Waals surface area contributed by atoms with Gasteiger partial charge in [-0.05, 0) is 19.3 Å². The topological polar surface area (TPSA) is 78.4 Å². The van der Waals surface area contributed by atoms with Gasteiger partial charge in [0.1, 0.15) is 5.54 Å². The number of amides is 2. The van der Waals surface area contributed by atoms with Crippen LogP contribution in [0.2, 0.25) is 0 Å². The molecule has 0 aromatic heterocycles. The maximum atomic E-state index is 11.1. The second kappa shape index (κ2) is 3.10. The van der Waals surface area contributed by atoms with Crippen molar-refractivity contribution >= 4 is 11.8 Å². The van der Waals surface area contributed by atoms with Crippen LogP contribution in [0.5, 0.6) is 0 Å². The van der Waals surface area contributed by atoms with Crippen LogP contribution in [-0.2, 0) is 9.59 Å². The molecule has 0 radical (unpaired) electrons. The third-order valence-electron chi connectivity index (χ3n) is 2.16. The molecule has 0 atom stereocenters. The highest BCUT2D eigenvalue weighted by molar-refractivity contribution is 5.91. The third kappa shape index (κ3) is 1.40. The molecule has 5 nitrogen and oxygen atoms in total. The van der Waals surface area contributed by atoms with E-state index in [9.17, 15) is 9.59 Å². The lowest BCUT2D eigenvalue weighted by molar-refractivity contribution is -0.143. The molecule has 0 heterocycles. The van der Waals surface area contributed by atoms with Gasteiger partial charge in [0, 0.05) is 6.92 Å². The van der Waals surface area contributed by atoms with Gasteiger partial charge in [-0.3, -0.25) is 14.8 Å². The number of hydrogen-bond donors (Lipinski definition) is 3. The van der Waals surface area contributed by atoms with E-state index in [1.807, 2.05) is 0 Å². The predicted octanol–water partition coefficient (Wildman–Crippen LogP) is -0.449. The Hall–Kier alpha value is -1.10. The highest BCUT2D eigenvalue weighted by Gasteiger charge is 2.44. The van der Waals surface area contributed by atoms with Crippen molar-refractivity contribution in [3.8, 4) is 0 Å². The number of carbonyl (C=O) groups is 2. The normalized spacial score (nSPS) is 19.2. The molecular formula is C7H12N2O3. The number of hydrogen-bond acceptors (Lipinski definition) is 3. The van der Waals surface area contributed by atoms with Crippen molar-refractivity contribution in [2.24, 2.45) is 0 Å². The Kier molecular flexibility index (Phi) is 2.32. The Bertz CT molecular complexity index is 211. The van der Waals surface area contributed by atoms with Crippen molar-refractivity contribution in [2.45, 2.75) is 31.7 Å². The highest BCUT2D eigenvalue weighted by atomic mass is 16.5. The van der Waals surface area contributed by atoms with Gasteiger partial charge >= 0.3 is 0 Å². The lowest BCUT2D eigenvalue weighted by Gasteiger charge is -2.39. The molecule has 0 aliphatic heterocycles. The summed E-state index contributed by atoms with van der Waals surface area (Å²) in [6.07, 6.45) is 2.09. The second-order valence-corrected chi connectivity index (χ2v) is 3.06. The number of hydroxylamine groups is 1. The quantitative estimate of drug-likeness (QED) is 0.390. The molecule has 5 heteroatoms. The molecular weight excluding hydrogens is 160 g/mol. The Morgan fingerprint density at radius 1 is 1.42 bits per heavy atom. The van der Waals surface area contributed by atoms with E-state index in [4.69, 9.17) is 5.21 Å². The molecule has 1 aliphatic carbocycles. The van der Waals surface area contributed by atoms with Crippen molar-refractivity contribution < 1.29 is 14.8 Å². The molecule has 1 fully saturated rings. The van der Waals surface area contributed by atoms with Gasteiger partial charge in [-0.15, -0.1) is 0 Å². The Morgan fingerprint density at radius 2 is 2.00 bits per heavy atom. The lowest BCUT2D eigenvalue weighted by atomic mass is 9.76. The summed E-state index contributed by atoms with van der Waals surface area (Å²) in [4.78, 5) is 21.8. The van der Waals surface area contributed by atoms with E-state index in [1.165, 1.54) is 6.92 Å². The number of carbonyl (C=O) groups excluding carboxylic acids is 2. The van der Waals surface area contributed by atoms with Crippen molar-refractivity contribution in [1.29, 1.82) is 0 Å². The van der Waals surface area contributed by atoms with Crippen molar-refractivity contribution in [1.82, 2.24) is 10.8 Å². The Morgan fingerprint density at radius 3 is 2.25 bits per heavy atom. The van der Waals surface area contributed by atoms with Crippen LogP contribution < -0.4 is 10.8 Å². The zero-order valence-electron chi connectivity index (χ0n) is 6.89. The molecule has 3 N–H and O–H groups in total. The smallest absolute Gasteiger partial charge is 0.269 e. The fraction of sp³-hybridized carbons (Fsp3) is 0.714. The van der Waals surface area contributed by atoms with Crippen LogP contribution in [-0.4, -0.2) is 22.6 Å². The van der Waals surface area contributed by atoms with Gasteiger partial charge in [-0.25, -0.2) is 5.48 Å². The summed E-state index contributed by atoms with van der Waals surface area (Å²) in [6.45, 7) is 1.35. The third-order valence-corrected chi connectivity index (χ3v) is 2.16. The minimum absolute atomic E-state index is 0.252. The summed E-state index contributed by atoms with van der Waals surface area (Å²) in [5, 5.41) is 10.9. The summed E-state index contributed by atoms with van der Waals surface area (Å²) < 4.78 is 0. The lowest BCUT2D eigenvalue weighted by Crippen LogP contribution is -2.62. The van der Waals surface area contributed by atoms with Crippen LogP contribution in [0.4, 0.5) is 0 Å². The maximum Gasteiger partial charge on any atom is 0.269 e. The van der Waals surface area contributed by atoms with Gasteiger partial charge in [-0.1, -0.05) is 0 Å². The molecule has 1 aliphatic rings. The van der Waals surface area contributed by atoms with Gasteiger partial charge in [0.15, 0.2) is 0 Å². The van der Waals surface area contributed by atoms with Crippen LogP contribution in [0.15, 0.2) is 0 Å². The fourth-order valence-electron chi connectivity index (χ4n) is 1.38. The molecule has 1 saturated carbocycles. The second-order valence-electron chi connectivity index (χ2n) is 3.06. The van der Waals surface area contributed by atoms with Crippen molar-refractivity contribution in [3.05, 3.63) is 0 Å². The summed E-state index contributed by atoms with van der Waals surface area (Å²) in [5.74, 6) is -0.776. The fourth-order valence-corrected chi connectivity index (χ4v) is 1.38. The van der Waals surface area contributed by atoms with Crippen LogP contribution in [0.3, 0.4) is 0 Å². The van der Waals surface area contributed by atoms with Crippen LogP contribution in [0.25, 0.3) is 0 Å². The standard InChI is InChI=1S/C7H12N2O3/c1-5(10)8-7(3-2-4-7)6(11)9-12/h12H,2-4H2,1H3,(H,8,10)(H,9,11). The van der Waals surface area contributed by atoms with Gasteiger partial charge in [-0.2, -0.15) is 0 Å². The first-order valence-corrected chi connectivity index (χ1v) is 3.84. The molecule has 0 saturated heterocycles. The van der Waals surface area contributed by atoms with Crippen LogP contribution >= 0.6 is 0 Å². The molecule has 1 rings (SSSR count). The van der Waals surface area contributed by atoms with Crippen molar-refractivity contribution in [3.63, 3.8) is 0 Å². The van der Waals surface area contributed by atoms with E-state index < -0.39 is 11.4 Å². The maximum absolute atomic E-state index is 11.1. The first-order chi connectivity index (χ1) is 5.60. The Balaban J connectivity index is 2.62. The van der Waals surface area contributed by atoms with Crippen molar-refractivity contribution in [2.75, 3.05) is 0 Å². The van der Waals surface area contributed by atoms with Gasteiger partial charge in [0.2, 0.25) is 5.91 Å². The average molecular weight is 172 g/mol. The van der Waals surface area contributed by atoms with Crippen LogP contribution in [0, 0.1) is 0 Å². The SMILES string of the molecule is CC(=O)NC1(C(=O)NO)CCC1. The van der Waals surface area contributed by atoms with Gasteiger partial charge in [0.05, 0.1) is 0 Å². The minimum Gasteiger partial charge on any atom is -0.342 e. The number of rotatable bonds is 2. The highest BCUT2D eigenvalue weighted by Crippen LogP contribution is 2.31. The minimum atomic E-state index is -0.847. The molecule has 0 bridgehead atoms. The molecule has 2 amide bonds.